The summed E-state index contributed by atoms with van der Waals surface area (Å²) in [5, 5.41) is 9.75. The van der Waals surface area contributed by atoms with Crippen LogP contribution in [0.25, 0.3) is 0 Å². The molecule has 0 aliphatic heterocycles. The molecule has 0 saturated heterocycles. The first-order chi connectivity index (χ1) is 8.70. The zero-order chi connectivity index (χ0) is 15.1. The average molecular weight is 277 g/mol. The van der Waals surface area contributed by atoms with E-state index < -0.39 is 12.1 Å². The predicted octanol–water partition coefficient (Wildman–Crippen LogP) is 2.17. The number of halogens is 3. The third-order valence-electron chi connectivity index (χ3n) is 2.18. The zero-order valence-electron chi connectivity index (χ0n) is 10.4. The Hall–Kier alpha value is -2.05. The number of rotatable bonds is 2. The van der Waals surface area contributed by atoms with Crippen molar-refractivity contribution < 1.29 is 27.9 Å². The van der Waals surface area contributed by atoms with Gasteiger partial charge in [-0.1, -0.05) is 30.3 Å². The molecule has 0 aromatic heterocycles. The van der Waals surface area contributed by atoms with E-state index in [4.69, 9.17) is 9.90 Å². The lowest BCUT2D eigenvalue weighted by Gasteiger charge is -2.08. The molecule has 0 spiro atoms. The minimum Gasteiger partial charge on any atom is -0.475 e. The van der Waals surface area contributed by atoms with Crippen molar-refractivity contribution in [2.45, 2.75) is 19.0 Å². The normalized spacial score (nSPS) is 11.8. The first-order valence-electron chi connectivity index (χ1n) is 5.26. The molecule has 106 valence electrons. The fourth-order valence-electron chi connectivity index (χ4n) is 1.11. The predicted molar refractivity (Wildman–Crippen MR) is 62.6 cm³/mol. The molecule has 7 heteroatoms. The second-order valence-electron chi connectivity index (χ2n) is 3.55. The molecule has 0 fully saturated rings. The van der Waals surface area contributed by atoms with Crippen LogP contribution >= 0.6 is 0 Å². The summed E-state index contributed by atoms with van der Waals surface area (Å²) in [6, 6.07) is 9.74. The third-order valence-corrected chi connectivity index (χ3v) is 2.18. The summed E-state index contributed by atoms with van der Waals surface area (Å²) in [7, 11) is 1.65. The van der Waals surface area contributed by atoms with Crippen molar-refractivity contribution >= 4 is 11.9 Å². The minimum atomic E-state index is -5.08. The van der Waals surface area contributed by atoms with Crippen molar-refractivity contribution in [3.8, 4) is 0 Å². The van der Waals surface area contributed by atoms with Gasteiger partial charge in [-0.2, -0.15) is 13.2 Å². The van der Waals surface area contributed by atoms with Gasteiger partial charge < -0.3 is 10.4 Å². The molecule has 0 aliphatic rings. The molecule has 1 unspecified atom stereocenters. The Morgan fingerprint density at radius 2 is 1.63 bits per heavy atom. The number of benzene rings is 1. The number of alkyl halides is 3. The summed E-state index contributed by atoms with van der Waals surface area (Å²) < 4.78 is 31.7. The summed E-state index contributed by atoms with van der Waals surface area (Å²) in [6.45, 7) is 1.90. The Balaban J connectivity index is 0.000000399. The molecule has 0 bridgehead atoms. The van der Waals surface area contributed by atoms with Crippen LogP contribution in [0, 0.1) is 0 Å². The van der Waals surface area contributed by atoms with Crippen molar-refractivity contribution in [2.24, 2.45) is 0 Å². The van der Waals surface area contributed by atoms with E-state index >= 15 is 0 Å². The van der Waals surface area contributed by atoms with Crippen LogP contribution in [0.2, 0.25) is 0 Å². The van der Waals surface area contributed by atoms with E-state index in [1.807, 2.05) is 37.3 Å². The van der Waals surface area contributed by atoms with Gasteiger partial charge in [0.2, 0.25) is 5.91 Å². The number of aliphatic carboxylic acids is 1. The van der Waals surface area contributed by atoms with Crippen molar-refractivity contribution in [2.75, 3.05) is 7.05 Å². The van der Waals surface area contributed by atoms with Crippen LogP contribution in [0.15, 0.2) is 30.3 Å². The highest BCUT2D eigenvalue weighted by Crippen LogP contribution is 2.14. The number of nitrogens with one attached hydrogen (secondary N) is 1. The van der Waals surface area contributed by atoms with Crippen LogP contribution in [0.1, 0.15) is 18.4 Å². The minimum absolute atomic E-state index is 0.0567. The molecule has 0 heterocycles. The maximum atomic E-state index is 11.2. The molecule has 1 amide bonds. The topological polar surface area (TPSA) is 66.4 Å². The molecule has 1 rings (SSSR count). The number of amides is 1. The van der Waals surface area contributed by atoms with Gasteiger partial charge in [0.1, 0.15) is 0 Å². The number of carbonyl (C=O) groups is 2. The monoisotopic (exact) mass is 277 g/mol. The smallest absolute Gasteiger partial charge is 0.475 e. The van der Waals surface area contributed by atoms with Gasteiger partial charge in [0.25, 0.3) is 0 Å². The maximum Gasteiger partial charge on any atom is 0.490 e. The molecule has 19 heavy (non-hydrogen) atoms. The number of carboxylic acid groups (broad SMARTS) is 1. The van der Waals surface area contributed by atoms with Crippen LogP contribution in [0.4, 0.5) is 13.2 Å². The Bertz CT molecular complexity index is 418. The number of hydrogen-bond donors (Lipinski definition) is 2. The molecule has 1 aromatic carbocycles. The lowest BCUT2D eigenvalue weighted by molar-refractivity contribution is -0.192. The summed E-state index contributed by atoms with van der Waals surface area (Å²) in [6.07, 6.45) is -5.08. The fraction of sp³-hybridized carbons (Fsp3) is 0.333. The van der Waals surface area contributed by atoms with Crippen LogP contribution in [0.5, 0.6) is 0 Å². The Morgan fingerprint density at radius 1 is 1.21 bits per heavy atom. The molecule has 1 atom stereocenters. The van der Waals surface area contributed by atoms with E-state index in [9.17, 15) is 18.0 Å². The van der Waals surface area contributed by atoms with Gasteiger partial charge in [-0.15, -0.1) is 0 Å². The van der Waals surface area contributed by atoms with Crippen LogP contribution in [-0.2, 0) is 9.59 Å². The second-order valence-corrected chi connectivity index (χ2v) is 3.55. The van der Waals surface area contributed by atoms with Crippen LogP contribution in [-0.4, -0.2) is 30.2 Å². The highest BCUT2D eigenvalue weighted by Gasteiger charge is 2.38. The van der Waals surface area contributed by atoms with Gasteiger partial charge in [0.05, 0.1) is 5.92 Å². The Kier molecular flexibility index (Phi) is 6.60. The van der Waals surface area contributed by atoms with E-state index in [0.717, 1.165) is 5.56 Å². The number of hydrogen-bond acceptors (Lipinski definition) is 2. The molecule has 0 aliphatic carbocycles. The number of carbonyl (C=O) groups excluding carboxylic acids is 1. The highest BCUT2D eigenvalue weighted by molar-refractivity contribution is 5.82. The highest BCUT2D eigenvalue weighted by atomic mass is 19.4. The average Bonchev–Trinajstić information content (AvgIpc) is 2.37. The lowest BCUT2D eigenvalue weighted by Crippen LogP contribution is -2.23. The number of carboxylic acids is 1. The van der Waals surface area contributed by atoms with Gasteiger partial charge in [-0.05, 0) is 12.5 Å². The fourth-order valence-corrected chi connectivity index (χ4v) is 1.11. The molecule has 0 radical (unpaired) electrons. The van der Waals surface area contributed by atoms with E-state index in [1.54, 1.807) is 7.05 Å². The van der Waals surface area contributed by atoms with Gasteiger partial charge in [0.15, 0.2) is 0 Å². The van der Waals surface area contributed by atoms with Gasteiger partial charge >= 0.3 is 12.1 Å². The third kappa shape index (κ3) is 6.44. The molecule has 1 aromatic rings. The van der Waals surface area contributed by atoms with E-state index in [1.165, 1.54) is 0 Å². The molecular weight excluding hydrogens is 263 g/mol. The Morgan fingerprint density at radius 3 is 1.95 bits per heavy atom. The summed E-state index contributed by atoms with van der Waals surface area (Å²) in [5.41, 5.74) is 1.05. The SMILES string of the molecule is CNC(=O)C(C)c1ccccc1.O=C(O)C(F)(F)F. The second kappa shape index (κ2) is 7.40. The van der Waals surface area contributed by atoms with E-state index in [2.05, 4.69) is 5.32 Å². The standard InChI is InChI=1S/C10H13NO.C2HF3O2/c1-8(10(12)11-2)9-6-4-3-5-7-9;3-2(4,5)1(6)7/h3-8H,1-2H3,(H,11,12);(H,6,7). The quantitative estimate of drug-likeness (QED) is 0.870. The summed E-state index contributed by atoms with van der Waals surface area (Å²) >= 11 is 0. The lowest BCUT2D eigenvalue weighted by atomic mass is 10.0. The first-order valence-corrected chi connectivity index (χ1v) is 5.26. The van der Waals surface area contributed by atoms with Crippen molar-refractivity contribution in [1.29, 1.82) is 0 Å². The van der Waals surface area contributed by atoms with Crippen molar-refractivity contribution in [3.05, 3.63) is 35.9 Å². The largest absolute Gasteiger partial charge is 0.490 e. The van der Waals surface area contributed by atoms with Crippen molar-refractivity contribution in [3.63, 3.8) is 0 Å². The van der Waals surface area contributed by atoms with Gasteiger partial charge in [-0.3, -0.25) is 4.79 Å². The van der Waals surface area contributed by atoms with Gasteiger partial charge in [0, 0.05) is 7.05 Å². The molecule has 4 nitrogen and oxygen atoms in total. The first kappa shape index (κ1) is 16.9. The zero-order valence-corrected chi connectivity index (χ0v) is 10.4. The Labute approximate surface area is 108 Å². The van der Waals surface area contributed by atoms with Gasteiger partial charge in [-0.25, -0.2) is 4.79 Å². The maximum absolute atomic E-state index is 11.2. The van der Waals surface area contributed by atoms with Crippen molar-refractivity contribution in [1.82, 2.24) is 5.32 Å². The summed E-state index contributed by atoms with van der Waals surface area (Å²) in [5.74, 6) is -2.76. The van der Waals surface area contributed by atoms with E-state index in [0.29, 0.717) is 0 Å². The molecule has 0 saturated carbocycles. The van der Waals surface area contributed by atoms with Crippen LogP contribution < -0.4 is 5.32 Å². The van der Waals surface area contributed by atoms with Crippen LogP contribution in [0.3, 0.4) is 0 Å². The van der Waals surface area contributed by atoms with E-state index in [-0.39, 0.29) is 11.8 Å². The summed E-state index contributed by atoms with van der Waals surface area (Å²) in [4.78, 5) is 20.1. The molecule has 2 N–H and O–H groups in total. The molecular formula is C12H14F3NO3. The number of likely N-dealkylation sites (N-methyl/N-ethyl adjacent to an activating group) is 1.